The van der Waals surface area contributed by atoms with E-state index >= 15 is 0 Å². The lowest BCUT2D eigenvalue weighted by Crippen LogP contribution is -2.20. The number of oxazole rings is 1. The number of hydrogen-bond acceptors (Lipinski definition) is 6. The van der Waals surface area contributed by atoms with Crippen LogP contribution in [-0.2, 0) is 17.6 Å². The Hall–Kier alpha value is -3.28. The number of carbonyl (C=O) groups is 1. The van der Waals surface area contributed by atoms with Crippen molar-refractivity contribution in [2.45, 2.75) is 72.6 Å². The number of hydrogen-bond donors (Lipinski definition) is 1. The number of aliphatic imine (C=N–C) groups is 1. The lowest BCUT2D eigenvalue weighted by Gasteiger charge is -2.24. The van der Waals surface area contributed by atoms with Gasteiger partial charge < -0.3 is 14.6 Å². The minimum atomic E-state index is -0.383. The number of rotatable bonds is 10. The van der Waals surface area contributed by atoms with Crippen molar-refractivity contribution in [2.75, 3.05) is 6.61 Å². The molecule has 2 atom stereocenters. The predicted octanol–water partition coefficient (Wildman–Crippen LogP) is 7.43. The van der Waals surface area contributed by atoms with Crippen LogP contribution in [0.15, 0.2) is 57.6 Å². The number of benzene rings is 1. The van der Waals surface area contributed by atoms with Gasteiger partial charge in [0.25, 0.3) is 0 Å². The van der Waals surface area contributed by atoms with Gasteiger partial charge in [0.15, 0.2) is 11.5 Å². The Bertz CT molecular complexity index is 1190. The van der Waals surface area contributed by atoms with Crippen molar-refractivity contribution < 1.29 is 13.9 Å². The third-order valence-corrected chi connectivity index (χ3v) is 6.75. The normalized spacial score (nSPS) is 20.4. The average Bonchev–Trinajstić information content (AvgIpc) is 3.26. The van der Waals surface area contributed by atoms with Crippen molar-refractivity contribution in [3.05, 3.63) is 65.2 Å². The van der Waals surface area contributed by atoms with Gasteiger partial charge in [-0.2, -0.15) is 0 Å². The molecule has 0 fully saturated rings. The van der Waals surface area contributed by atoms with Crippen LogP contribution in [-0.4, -0.2) is 29.5 Å². The van der Waals surface area contributed by atoms with Crippen LogP contribution in [0.3, 0.4) is 0 Å². The maximum absolute atomic E-state index is 12.5. The molecule has 2 aromatic rings. The van der Waals surface area contributed by atoms with Crippen molar-refractivity contribution in [2.24, 2.45) is 16.8 Å². The summed E-state index contributed by atoms with van der Waals surface area (Å²) >= 11 is 0. The monoisotopic (exact) mass is 489 g/mol. The van der Waals surface area contributed by atoms with E-state index < -0.39 is 0 Å². The van der Waals surface area contributed by atoms with Crippen LogP contribution < -0.4 is 0 Å². The van der Waals surface area contributed by atoms with E-state index in [9.17, 15) is 4.79 Å². The second kappa shape index (κ2) is 13.1. The Morgan fingerprint density at radius 2 is 2.08 bits per heavy atom. The van der Waals surface area contributed by atoms with Gasteiger partial charge >= 0.3 is 5.97 Å². The molecule has 0 saturated heterocycles. The molecule has 0 saturated carbocycles. The van der Waals surface area contributed by atoms with E-state index in [1.807, 2.05) is 19.1 Å². The van der Waals surface area contributed by atoms with Crippen molar-refractivity contribution in [1.29, 1.82) is 5.41 Å². The number of allylic oxidation sites excluding steroid dienone is 5. The van der Waals surface area contributed by atoms with E-state index in [4.69, 9.17) is 19.5 Å². The number of fused-ring (bicyclic) bond motifs is 1. The standard InChI is InChI=1S/C30H39N3O3/c1-6-10-13-32-20(5)14-24-18-25(30(34)35-9-4)19-27-29(24)36-28(33-27)17-22-12-11-21(7-2)16-26(31)23(8-3)15-22/h6,10,12-13,18-19,21,23,31H,5,7-9,11,14-17H2,1-4H3/b10-6-,22-12+,31-26?,32-13?. The van der Waals surface area contributed by atoms with Crippen LogP contribution in [0.4, 0.5) is 0 Å². The van der Waals surface area contributed by atoms with E-state index in [1.54, 1.807) is 25.3 Å². The van der Waals surface area contributed by atoms with Crippen molar-refractivity contribution in [3.63, 3.8) is 0 Å². The molecule has 3 rings (SSSR count). The lowest BCUT2D eigenvalue weighted by molar-refractivity contribution is 0.0526. The van der Waals surface area contributed by atoms with Crippen LogP contribution in [0.25, 0.3) is 11.1 Å². The number of aromatic nitrogens is 1. The number of carbonyl (C=O) groups excluding carboxylic acids is 1. The molecule has 6 heteroatoms. The molecule has 1 aliphatic carbocycles. The molecule has 36 heavy (non-hydrogen) atoms. The summed E-state index contributed by atoms with van der Waals surface area (Å²) in [5.41, 5.74) is 5.33. The van der Waals surface area contributed by atoms with Crippen LogP contribution in [0.5, 0.6) is 0 Å². The summed E-state index contributed by atoms with van der Waals surface area (Å²) in [5.74, 6) is 1.01. The van der Waals surface area contributed by atoms with Gasteiger partial charge in [-0.25, -0.2) is 9.78 Å². The molecule has 1 aromatic carbocycles. The molecule has 6 nitrogen and oxygen atoms in total. The first-order chi connectivity index (χ1) is 17.4. The highest BCUT2D eigenvalue weighted by molar-refractivity contribution is 5.94. The summed E-state index contributed by atoms with van der Waals surface area (Å²) in [5, 5.41) is 8.59. The molecule has 0 radical (unpaired) electrons. The maximum atomic E-state index is 12.5. The fourth-order valence-corrected chi connectivity index (χ4v) is 4.64. The Morgan fingerprint density at radius 3 is 2.78 bits per heavy atom. The summed E-state index contributed by atoms with van der Waals surface area (Å²) in [6, 6.07) is 3.53. The number of nitrogens with zero attached hydrogens (tertiary/aromatic N) is 2. The van der Waals surface area contributed by atoms with E-state index in [0.717, 1.165) is 43.4 Å². The average molecular weight is 490 g/mol. The highest BCUT2D eigenvalue weighted by atomic mass is 16.5. The molecular weight excluding hydrogens is 450 g/mol. The van der Waals surface area contributed by atoms with Crippen LogP contribution in [0.1, 0.15) is 81.6 Å². The Balaban J connectivity index is 1.95. The van der Waals surface area contributed by atoms with Gasteiger partial charge in [0, 0.05) is 41.9 Å². The van der Waals surface area contributed by atoms with Crippen LogP contribution in [0.2, 0.25) is 0 Å². The largest absolute Gasteiger partial charge is 0.462 e. The first-order valence-electron chi connectivity index (χ1n) is 13.1. The van der Waals surface area contributed by atoms with Gasteiger partial charge in [0.1, 0.15) is 5.52 Å². The van der Waals surface area contributed by atoms with Crippen molar-refractivity contribution in [1.82, 2.24) is 4.98 Å². The molecular formula is C30H39N3O3. The molecule has 0 aliphatic heterocycles. The SMILES string of the molecule is C=C(Cc1cc(C(=O)OCC)cc2nc(C/C3=C/CC(CC)CC(=N)C(CC)C3)oc12)N=C/C=C\C. The minimum Gasteiger partial charge on any atom is -0.462 e. The smallest absolute Gasteiger partial charge is 0.338 e. The first-order valence-corrected chi connectivity index (χ1v) is 13.1. The van der Waals surface area contributed by atoms with Gasteiger partial charge in [-0.15, -0.1) is 0 Å². The van der Waals surface area contributed by atoms with Crippen LogP contribution in [0, 0.1) is 17.2 Å². The third kappa shape index (κ3) is 7.12. The molecule has 0 bridgehead atoms. The van der Waals surface area contributed by atoms with Crippen LogP contribution >= 0.6 is 0 Å². The van der Waals surface area contributed by atoms with E-state index in [1.165, 1.54) is 5.57 Å². The van der Waals surface area contributed by atoms with Gasteiger partial charge in [-0.1, -0.05) is 44.6 Å². The zero-order valence-electron chi connectivity index (χ0n) is 22.1. The Morgan fingerprint density at radius 1 is 1.28 bits per heavy atom. The predicted molar refractivity (Wildman–Crippen MR) is 147 cm³/mol. The fraction of sp³-hybridized carbons (Fsp3) is 0.467. The number of ether oxygens (including phenoxy) is 1. The number of esters is 1. The molecule has 1 aliphatic rings. The minimum absolute atomic E-state index is 0.263. The second-order valence-electron chi connectivity index (χ2n) is 9.45. The molecule has 2 unspecified atom stereocenters. The summed E-state index contributed by atoms with van der Waals surface area (Å²) in [7, 11) is 0. The molecule has 0 spiro atoms. The zero-order valence-corrected chi connectivity index (χ0v) is 22.1. The first kappa shape index (κ1) is 27.3. The fourth-order valence-electron chi connectivity index (χ4n) is 4.64. The van der Waals surface area contributed by atoms with Crippen molar-refractivity contribution in [3.8, 4) is 0 Å². The number of nitrogens with one attached hydrogen (secondary N) is 1. The van der Waals surface area contributed by atoms with Gasteiger partial charge in [0.05, 0.1) is 12.2 Å². The summed E-state index contributed by atoms with van der Waals surface area (Å²) in [6.45, 7) is 12.4. The van der Waals surface area contributed by atoms with Gasteiger partial charge in [-0.05, 0) is 63.7 Å². The van der Waals surface area contributed by atoms with Gasteiger partial charge in [0.2, 0.25) is 0 Å². The topological polar surface area (TPSA) is 88.5 Å². The highest BCUT2D eigenvalue weighted by Crippen LogP contribution is 2.31. The Kier molecular flexibility index (Phi) is 9.97. The van der Waals surface area contributed by atoms with Crippen molar-refractivity contribution >= 4 is 29.0 Å². The summed E-state index contributed by atoms with van der Waals surface area (Å²) in [4.78, 5) is 21.7. The lowest BCUT2D eigenvalue weighted by atomic mass is 9.81. The van der Waals surface area contributed by atoms with Gasteiger partial charge in [-0.3, -0.25) is 4.99 Å². The molecule has 0 amide bonds. The molecule has 1 heterocycles. The Labute approximate surface area is 214 Å². The summed E-state index contributed by atoms with van der Waals surface area (Å²) < 4.78 is 11.5. The van der Waals surface area contributed by atoms with E-state index in [-0.39, 0.29) is 11.9 Å². The molecule has 1 aromatic heterocycles. The molecule has 192 valence electrons. The maximum Gasteiger partial charge on any atom is 0.338 e. The molecule has 1 N–H and O–H groups in total. The quantitative estimate of drug-likeness (QED) is 0.213. The highest BCUT2D eigenvalue weighted by Gasteiger charge is 2.23. The van der Waals surface area contributed by atoms with E-state index in [0.29, 0.717) is 53.6 Å². The third-order valence-electron chi connectivity index (χ3n) is 6.75. The summed E-state index contributed by atoms with van der Waals surface area (Å²) in [6.07, 6.45) is 13.6. The van der Waals surface area contributed by atoms with E-state index in [2.05, 4.69) is 31.5 Å². The zero-order chi connectivity index (χ0) is 26.1. The second-order valence-corrected chi connectivity index (χ2v) is 9.45.